The van der Waals surface area contributed by atoms with Crippen molar-refractivity contribution in [1.82, 2.24) is 0 Å². The van der Waals surface area contributed by atoms with Crippen LogP contribution in [0.5, 0.6) is 0 Å². The van der Waals surface area contributed by atoms with Gasteiger partial charge in [0, 0.05) is 5.56 Å². The van der Waals surface area contributed by atoms with Crippen LogP contribution in [0.1, 0.15) is 28.4 Å². The second-order valence-corrected chi connectivity index (χ2v) is 7.00. The first-order valence-corrected chi connectivity index (χ1v) is 8.77. The van der Waals surface area contributed by atoms with Crippen molar-refractivity contribution in [3.63, 3.8) is 0 Å². The normalized spacial score (nSPS) is 16.0. The number of rotatable bonds is 4. The molecule has 5 heteroatoms. The topological polar surface area (TPSA) is 37.4 Å². The molecule has 1 fully saturated rings. The van der Waals surface area contributed by atoms with Crippen LogP contribution in [0.3, 0.4) is 0 Å². The molecule has 0 aliphatic carbocycles. The first-order valence-electron chi connectivity index (χ1n) is 7.54. The Morgan fingerprint density at radius 2 is 1.67 bits per heavy atom. The summed E-state index contributed by atoms with van der Waals surface area (Å²) in [4.78, 5) is 25.5. The van der Waals surface area contributed by atoms with Crippen LogP contribution in [0.25, 0.3) is 6.08 Å². The van der Waals surface area contributed by atoms with Gasteiger partial charge in [-0.2, -0.15) is 0 Å². The van der Waals surface area contributed by atoms with Gasteiger partial charge >= 0.3 is 0 Å². The molecule has 24 heavy (non-hydrogen) atoms. The molecule has 3 rings (SSSR count). The summed E-state index contributed by atoms with van der Waals surface area (Å²) in [6.45, 7) is 2.09. The van der Waals surface area contributed by atoms with E-state index in [4.69, 9.17) is 12.2 Å². The molecule has 0 bridgehead atoms. The minimum atomic E-state index is -0.117. The number of anilines is 1. The molecule has 0 N–H and O–H groups in total. The van der Waals surface area contributed by atoms with Gasteiger partial charge in [0.15, 0.2) is 4.32 Å². The Labute approximate surface area is 150 Å². The highest BCUT2D eigenvalue weighted by atomic mass is 32.2. The zero-order valence-corrected chi connectivity index (χ0v) is 14.7. The lowest BCUT2D eigenvalue weighted by molar-refractivity contribution is -0.113. The standard InChI is InChI=1S/C19H15NO2S2/c1-2-13-7-9-16(10-8-13)20-18(22)17(24-19(20)23)11-14-3-5-15(12-21)6-4-14/h3-12H,2H2,1H3/b17-11-. The number of aryl methyl sites for hydroxylation is 1. The van der Waals surface area contributed by atoms with Crippen LogP contribution in [0, 0.1) is 0 Å². The maximum absolute atomic E-state index is 12.7. The number of amides is 1. The average molecular weight is 353 g/mol. The number of thiocarbonyl (C=S) groups is 1. The van der Waals surface area contributed by atoms with E-state index in [-0.39, 0.29) is 5.91 Å². The molecule has 0 radical (unpaired) electrons. The van der Waals surface area contributed by atoms with Gasteiger partial charge in [0.05, 0.1) is 10.6 Å². The summed E-state index contributed by atoms with van der Waals surface area (Å²) in [5.41, 5.74) is 3.47. The number of thioether (sulfide) groups is 1. The van der Waals surface area contributed by atoms with E-state index >= 15 is 0 Å². The fraction of sp³-hybridized carbons (Fsp3) is 0.105. The molecule has 0 spiro atoms. The highest BCUT2D eigenvalue weighted by molar-refractivity contribution is 8.27. The third-order valence-corrected chi connectivity index (χ3v) is 5.07. The Morgan fingerprint density at radius 3 is 2.25 bits per heavy atom. The molecule has 2 aromatic carbocycles. The Kier molecular flexibility index (Phi) is 4.92. The van der Waals surface area contributed by atoms with Crippen molar-refractivity contribution in [2.45, 2.75) is 13.3 Å². The van der Waals surface area contributed by atoms with Crippen molar-refractivity contribution in [3.05, 3.63) is 70.1 Å². The number of aldehydes is 1. The number of hydrogen-bond acceptors (Lipinski definition) is 4. The molecule has 2 aromatic rings. The Bertz CT molecular complexity index is 823. The maximum Gasteiger partial charge on any atom is 0.270 e. The lowest BCUT2D eigenvalue weighted by Crippen LogP contribution is -2.27. The van der Waals surface area contributed by atoms with E-state index in [1.807, 2.05) is 36.4 Å². The summed E-state index contributed by atoms with van der Waals surface area (Å²) >= 11 is 6.67. The molecule has 120 valence electrons. The number of benzene rings is 2. The van der Waals surface area contributed by atoms with E-state index in [1.54, 1.807) is 23.1 Å². The van der Waals surface area contributed by atoms with Gasteiger partial charge in [-0.05, 0) is 35.8 Å². The first kappa shape index (κ1) is 16.6. The van der Waals surface area contributed by atoms with Crippen molar-refractivity contribution in [1.29, 1.82) is 0 Å². The molecule has 1 saturated heterocycles. The molecular formula is C19H15NO2S2. The van der Waals surface area contributed by atoms with Crippen molar-refractivity contribution in [3.8, 4) is 0 Å². The van der Waals surface area contributed by atoms with Crippen LogP contribution in [0.2, 0.25) is 0 Å². The lowest BCUT2D eigenvalue weighted by Gasteiger charge is -2.14. The number of nitrogens with zero attached hydrogens (tertiary/aromatic N) is 1. The summed E-state index contributed by atoms with van der Waals surface area (Å²) in [7, 11) is 0. The van der Waals surface area contributed by atoms with Crippen LogP contribution in [-0.2, 0) is 11.2 Å². The van der Waals surface area contributed by atoms with Crippen LogP contribution in [-0.4, -0.2) is 16.5 Å². The van der Waals surface area contributed by atoms with Crippen molar-refractivity contribution in [2.75, 3.05) is 4.90 Å². The van der Waals surface area contributed by atoms with Gasteiger partial charge in [0.25, 0.3) is 5.91 Å². The molecule has 1 heterocycles. The van der Waals surface area contributed by atoms with Gasteiger partial charge in [-0.3, -0.25) is 14.5 Å². The molecule has 0 unspecified atom stereocenters. The Balaban J connectivity index is 1.87. The number of carbonyl (C=O) groups excluding carboxylic acids is 2. The predicted molar refractivity (Wildman–Crippen MR) is 103 cm³/mol. The molecule has 0 aromatic heterocycles. The van der Waals surface area contributed by atoms with E-state index in [1.165, 1.54) is 17.3 Å². The van der Waals surface area contributed by atoms with E-state index < -0.39 is 0 Å². The molecule has 1 amide bonds. The molecule has 0 atom stereocenters. The molecule has 1 aliphatic rings. The van der Waals surface area contributed by atoms with E-state index in [0.717, 1.165) is 24.0 Å². The quantitative estimate of drug-likeness (QED) is 0.462. The van der Waals surface area contributed by atoms with Crippen LogP contribution in [0.4, 0.5) is 5.69 Å². The van der Waals surface area contributed by atoms with Crippen LogP contribution in [0.15, 0.2) is 53.4 Å². The summed E-state index contributed by atoms with van der Waals surface area (Å²) in [5.74, 6) is -0.117. The maximum atomic E-state index is 12.7. The van der Waals surface area contributed by atoms with Crippen molar-refractivity contribution in [2.24, 2.45) is 0 Å². The molecule has 0 saturated carbocycles. The fourth-order valence-electron chi connectivity index (χ4n) is 2.39. The number of carbonyl (C=O) groups is 2. The zero-order chi connectivity index (χ0) is 17.1. The van der Waals surface area contributed by atoms with Crippen molar-refractivity contribution >= 4 is 52.3 Å². The van der Waals surface area contributed by atoms with Crippen molar-refractivity contribution < 1.29 is 9.59 Å². The SMILES string of the molecule is CCc1ccc(N2C(=O)/C(=C/c3ccc(C=O)cc3)SC2=S)cc1. The van der Waals surface area contributed by atoms with Gasteiger partial charge in [-0.25, -0.2) is 0 Å². The minimum absolute atomic E-state index is 0.117. The Morgan fingerprint density at radius 1 is 1.04 bits per heavy atom. The van der Waals surface area contributed by atoms with Gasteiger partial charge in [0.2, 0.25) is 0 Å². The first-order chi connectivity index (χ1) is 11.6. The van der Waals surface area contributed by atoms with Gasteiger partial charge in [0.1, 0.15) is 6.29 Å². The largest absolute Gasteiger partial charge is 0.298 e. The minimum Gasteiger partial charge on any atom is -0.298 e. The van der Waals surface area contributed by atoms with E-state index in [0.29, 0.717) is 14.8 Å². The third kappa shape index (κ3) is 3.32. The van der Waals surface area contributed by atoms with E-state index in [9.17, 15) is 9.59 Å². The summed E-state index contributed by atoms with van der Waals surface area (Å²) in [6, 6.07) is 14.9. The van der Waals surface area contributed by atoms with Crippen LogP contribution < -0.4 is 4.90 Å². The number of hydrogen-bond donors (Lipinski definition) is 0. The highest BCUT2D eigenvalue weighted by Crippen LogP contribution is 2.36. The molecule has 3 nitrogen and oxygen atoms in total. The summed E-state index contributed by atoms with van der Waals surface area (Å²) in [6.07, 6.45) is 3.55. The van der Waals surface area contributed by atoms with Gasteiger partial charge < -0.3 is 0 Å². The summed E-state index contributed by atoms with van der Waals surface area (Å²) in [5, 5.41) is 0. The zero-order valence-electron chi connectivity index (χ0n) is 13.1. The highest BCUT2D eigenvalue weighted by Gasteiger charge is 2.33. The summed E-state index contributed by atoms with van der Waals surface area (Å²) < 4.78 is 0.528. The second kappa shape index (κ2) is 7.11. The monoisotopic (exact) mass is 353 g/mol. The molecule has 1 aliphatic heterocycles. The van der Waals surface area contributed by atoms with Crippen LogP contribution >= 0.6 is 24.0 Å². The molecular weight excluding hydrogens is 338 g/mol. The average Bonchev–Trinajstić information content (AvgIpc) is 2.89. The van der Waals surface area contributed by atoms with Gasteiger partial charge in [-0.1, -0.05) is 67.3 Å². The lowest BCUT2D eigenvalue weighted by atomic mass is 10.1. The van der Waals surface area contributed by atoms with Gasteiger partial charge in [-0.15, -0.1) is 0 Å². The Hall–Kier alpha value is -2.24. The second-order valence-electron chi connectivity index (χ2n) is 5.32. The smallest absolute Gasteiger partial charge is 0.270 e. The van der Waals surface area contributed by atoms with E-state index in [2.05, 4.69) is 6.92 Å². The third-order valence-electron chi connectivity index (χ3n) is 3.77. The fourth-order valence-corrected chi connectivity index (χ4v) is 3.69. The predicted octanol–water partition coefficient (Wildman–Crippen LogP) is 4.47.